The summed E-state index contributed by atoms with van der Waals surface area (Å²) in [5.74, 6) is 0.135. The number of esters is 1. The number of nitrogens with zero attached hydrogens (tertiary/aromatic N) is 2. The predicted molar refractivity (Wildman–Crippen MR) is 148 cm³/mol. The maximum atomic E-state index is 13.0. The molecule has 36 heavy (non-hydrogen) atoms. The van der Waals surface area contributed by atoms with Crippen molar-refractivity contribution in [1.82, 2.24) is 4.90 Å². The number of carbonyl (C=O) groups excluding carboxylic acids is 2. The molecule has 1 fully saturated rings. The van der Waals surface area contributed by atoms with E-state index >= 15 is 0 Å². The van der Waals surface area contributed by atoms with Crippen LogP contribution in [0.5, 0.6) is 5.75 Å². The predicted octanol–water partition coefficient (Wildman–Crippen LogP) is 7.09. The summed E-state index contributed by atoms with van der Waals surface area (Å²) in [5, 5.41) is 1.24. The van der Waals surface area contributed by atoms with Gasteiger partial charge < -0.3 is 9.47 Å². The lowest BCUT2D eigenvalue weighted by Crippen LogP contribution is -2.28. The Balaban J connectivity index is 1.52. The van der Waals surface area contributed by atoms with E-state index in [0.29, 0.717) is 45.2 Å². The zero-order valence-corrected chi connectivity index (χ0v) is 22.7. The normalized spacial score (nSPS) is 15.6. The Hall–Kier alpha value is -3.07. The van der Waals surface area contributed by atoms with Gasteiger partial charge in [-0.15, -0.1) is 0 Å². The molecule has 0 saturated carbocycles. The van der Waals surface area contributed by atoms with Crippen molar-refractivity contribution in [2.45, 2.75) is 13.5 Å². The number of hydrogen-bond acceptors (Lipinski definition) is 6. The molecule has 0 unspecified atom stereocenters. The van der Waals surface area contributed by atoms with Crippen LogP contribution in [0.25, 0.3) is 6.08 Å². The van der Waals surface area contributed by atoms with Crippen molar-refractivity contribution in [2.75, 3.05) is 13.7 Å². The lowest BCUT2D eigenvalue weighted by molar-refractivity contribution is -0.122. The molecule has 4 rings (SSSR count). The first-order valence-electron chi connectivity index (χ1n) is 11.0. The van der Waals surface area contributed by atoms with Crippen LogP contribution in [0, 0.1) is 0 Å². The van der Waals surface area contributed by atoms with E-state index in [-0.39, 0.29) is 5.91 Å². The van der Waals surface area contributed by atoms with Crippen LogP contribution in [0.2, 0.25) is 5.02 Å². The largest absolute Gasteiger partial charge is 0.488 e. The van der Waals surface area contributed by atoms with E-state index in [9.17, 15) is 9.59 Å². The lowest BCUT2D eigenvalue weighted by Gasteiger charge is -2.12. The summed E-state index contributed by atoms with van der Waals surface area (Å²) >= 11 is 10.8. The fourth-order valence-corrected chi connectivity index (χ4v) is 5.12. The Kier molecular flexibility index (Phi) is 8.51. The molecule has 0 aromatic heterocycles. The molecule has 6 nitrogen and oxygen atoms in total. The van der Waals surface area contributed by atoms with Crippen LogP contribution < -0.4 is 4.74 Å². The minimum atomic E-state index is -0.439. The van der Waals surface area contributed by atoms with Crippen molar-refractivity contribution < 1.29 is 19.1 Å². The van der Waals surface area contributed by atoms with E-state index in [0.717, 1.165) is 15.6 Å². The SMILES string of the molecule is CCN1C(=O)C(=Cc2ccc(OCc3ccc(Cl)cc3)c(Br)c2)SC1=Nc1cccc(C(=O)OC)c1. The highest BCUT2D eigenvalue weighted by molar-refractivity contribution is 9.10. The van der Waals surface area contributed by atoms with Gasteiger partial charge in [0.25, 0.3) is 5.91 Å². The summed E-state index contributed by atoms with van der Waals surface area (Å²) in [5.41, 5.74) is 2.82. The van der Waals surface area contributed by atoms with Crippen LogP contribution in [0.1, 0.15) is 28.4 Å². The number of hydrogen-bond donors (Lipinski definition) is 0. The highest BCUT2D eigenvalue weighted by atomic mass is 79.9. The molecule has 0 bridgehead atoms. The van der Waals surface area contributed by atoms with Crippen molar-refractivity contribution in [3.05, 3.63) is 97.8 Å². The Labute approximate surface area is 227 Å². The third-order valence-corrected chi connectivity index (χ3v) is 7.14. The Morgan fingerprint density at radius 3 is 2.61 bits per heavy atom. The van der Waals surface area contributed by atoms with E-state index in [1.165, 1.54) is 18.9 Å². The van der Waals surface area contributed by atoms with E-state index in [2.05, 4.69) is 20.9 Å². The number of amides is 1. The van der Waals surface area contributed by atoms with Crippen LogP contribution in [0.3, 0.4) is 0 Å². The fourth-order valence-electron chi connectivity index (χ4n) is 3.42. The Bertz CT molecular complexity index is 1360. The van der Waals surface area contributed by atoms with Gasteiger partial charge in [0, 0.05) is 11.6 Å². The van der Waals surface area contributed by atoms with Crippen molar-refractivity contribution >= 4 is 68.1 Å². The standard InChI is InChI=1S/C27H22BrClN2O4S/c1-3-31-25(32)24(36-27(31)30-21-6-4-5-19(15-21)26(33)34-2)14-18-9-12-23(22(28)13-18)35-16-17-7-10-20(29)11-8-17/h4-15H,3,16H2,1-2H3. The number of amidine groups is 1. The van der Waals surface area contributed by atoms with Crippen LogP contribution in [0.15, 0.2) is 81.1 Å². The van der Waals surface area contributed by atoms with Crippen molar-refractivity contribution in [1.29, 1.82) is 0 Å². The third-order valence-electron chi connectivity index (χ3n) is 5.26. The first-order valence-corrected chi connectivity index (χ1v) is 13.0. The molecule has 1 amide bonds. The summed E-state index contributed by atoms with van der Waals surface area (Å²) in [6, 6.07) is 20.0. The molecule has 1 aliphatic rings. The van der Waals surface area contributed by atoms with Crippen LogP contribution >= 0.6 is 39.3 Å². The summed E-state index contributed by atoms with van der Waals surface area (Å²) in [4.78, 5) is 31.7. The topological polar surface area (TPSA) is 68.2 Å². The minimum absolute atomic E-state index is 0.121. The smallest absolute Gasteiger partial charge is 0.337 e. The van der Waals surface area contributed by atoms with Crippen LogP contribution in [-0.2, 0) is 16.1 Å². The summed E-state index contributed by atoms with van der Waals surface area (Å²) < 4.78 is 11.5. The zero-order chi connectivity index (χ0) is 25.7. The van der Waals surface area contributed by atoms with Crippen molar-refractivity contribution in [2.24, 2.45) is 4.99 Å². The molecule has 3 aromatic carbocycles. The molecule has 1 heterocycles. The number of benzene rings is 3. The molecular formula is C27H22BrClN2O4S. The van der Waals surface area contributed by atoms with Gasteiger partial charge in [0.05, 0.1) is 27.7 Å². The first-order chi connectivity index (χ1) is 17.4. The molecular weight excluding hydrogens is 564 g/mol. The number of likely N-dealkylation sites (N-methyl/N-ethyl adjacent to an activating group) is 1. The van der Waals surface area contributed by atoms with Crippen LogP contribution in [0.4, 0.5) is 5.69 Å². The Morgan fingerprint density at radius 1 is 1.14 bits per heavy atom. The van der Waals surface area contributed by atoms with Gasteiger partial charge >= 0.3 is 5.97 Å². The number of thioether (sulfide) groups is 1. The molecule has 1 aliphatic heterocycles. The van der Waals surface area contributed by atoms with Crippen LogP contribution in [-0.4, -0.2) is 35.6 Å². The van der Waals surface area contributed by atoms with Gasteiger partial charge in [-0.1, -0.05) is 35.9 Å². The fraction of sp³-hybridized carbons (Fsp3) is 0.148. The molecule has 9 heteroatoms. The average molecular weight is 586 g/mol. The molecule has 184 valence electrons. The highest BCUT2D eigenvalue weighted by Crippen LogP contribution is 2.35. The average Bonchev–Trinajstić information content (AvgIpc) is 3.17. The minimum Gasteiger partial charge on any atom is -0.488 e. The van der Waals surface area contributed by atoms with Crippen molar-refractivity contribution in [3.8, 4) is 5.75 Å². The van der Waals surface area contributed by atoms with Gasteiger partial charge in [0.2, 0.25) is 0 Å². The molecule has 0 atom stereocenters. The number of aliphatic imine (C=N–C) groups is 1. The monoisotopic (exact) mass is 584 g/mol. The second kappa shape index (κ2) is 11.8. The first kappa shape index (κ1) is 26.0. The second-order valence-electron chi connectivity index (χ2n) is 7.70. The second-order valence-corrected chi connectivity index (χ2v) is 10.0. The molecule has 3 aromatic rings. The molecule has 0 N–H and O–H groups in total. The third kappa shape index (κ3) is 6.19. The van der Waals surface area contributed by atoms with Gasteiger partial charge in [0.15, 0.2) is 5.17 Å². The molecule has 1 saturated heterocycles. The maximum absolute atomic E-state index is 13.0. The van der Waals surface area contributed by atoms with E-state index < -0.39 is 5.97 Å². The number of ether oxygens (including phenoxy) is 2. The summed E-state index contributed by atoms with van der Waals surface area (Å²) in [6.45, 7) is 2.78. The maximum Gasteiger partial charge on any atom is 0.337 e. The molecule has 0 radical (unpaired) electrons. The number of methoxy groups -OCH3 is 1. The van der Waals surface area contributed by atoms with Gasteiger partial charge in [-0.2, -0.15) is 0 Å². The summed E-state index contributed by atoms with van der Waals surface area (Å²) in [6.07, 6.45) is 1.83. The quantitative estimate of drug-likeness (QED) is 0.219. The van der Waals surface area contributed by atoms with E-state index in [1.54, 1.807) is 29.2 Å². The molecule has 0 aliphatic carbocycles. The lowest BCUT2D eigenvalue weighted by atomic mass is 10.2. The van der Waals surface area contributed by atoms with E-state index in [1.807, 2.05) is 55.5 Å². The summed E-state index contributed by atoms with van der Waals surface area (Å²) in [7, 11) is 1.33. The van der Waals surface area contributed by atoms with Gasteiger partial charge in [-0.3, -0.25) is 9.69 Å². The zero-order valence-electron chi connectivity index (χ0n) is 19.5. The van der Waals surface area contributed by atoms with Crippen molar-refractivity contribution in [3.63, 3.8) is 0 Å². The number of carbonyl (C=O) groups is 2. The van der Waals surface area contributed by atoms with E-state index in [4.69, 9.17) is 21.1 Å². The van der Waals surface area contributed by atoms with Gasteiger partial charge in [0.1, 0.15) is 12.4 Å². The highest BCUT2D eigenvalue weighted by Gasteiger charge is 2.32. The number of rotatable bonds is 7. The Morgan fingerprint density at radius 2 is 1.92 bits per heavy atom. The molecule has 0 spiro atoms. The van der Waals surface area contributed by atoms with Gasteiger partial charge in [-0.25, -0.2) is 9.79 Å². The number of halogens is 2. The van der Waals surface area contributed by atoms with Gasteiger partial charge in [-0.05, 0) is 94.3 Å².